The SMILES string of the molecule is c1ccc([Si](c2ccccc2)(c2ccccc2)c2cc3c4c(c2)-c2cccc5oc6cccc(c6c25)B4c2cccc4oc5cccc-3c5c24)cc1. The van der Waals surface area contributed by atoms with Crippen LogP contribution in [0.15, 0.2) is 185 Å². The fourth-order valence-electron chi connectivity index (χ4n) is 9.89. The zero-order valence-corrected chi connectivity index (χ0v) is 29.1. The first kappa shape index (κ1) is 28.4. The van der Waals surface area contributed by atoms with Gasteiger partial charge in [-0.2, -0.15) is 0 Å². The number of benzene rings is 8. The molecule has 2 aromatic heterocycles. The first-order valence-corrected chi connectivity index (χ1v) is 20.0. The Morgan fingerprint density at radius 1 is 0.327 bits per heavy atom. The van der Waals surface area contributed by atoms with Crippen LogP contribution in [0.1, 0.15) is 0 Å². The van der Waals surface area contributed by atoms with Gasteiger partial charge in [-0.25, -0.2) is 0 Å². The van der Waals surface area contributed by atoms with Crippen LogP contribution in [0, 0.1) is 0 Å². The van der Waals surface area contributed by atoms with Crippen LogP contribution in [0.2, 0.25) is 0 Å². The van der Waals surface area contributed by atoms with E-state index in [1.165, 1.54) is 80.9 Å². The van der Waals surface area contributed by atoms with Crippen molar-refractivity contribution in [1.29, 1.82) is 0 Å². The molecular weight excluding hydrogens is 647 g/mol. The molecule has 0 unspecified atom stereocenters. The Morgan fingerprint density at radius 2 is 0.712 bits per heavy atom. The van der Waals surface area contributed by atoms with Crippen molar-refractivity contribution in [2.24, 2.45) is 0 Å². The molecular formula is C48H29BO2Si. The fraction of sp³-hybridized carbons (Fsp3) is 0. The molecule has 2 aliphatic heterocycles. The van der Waals surface area contributed by atoms with Gasteiger partial charge in [0.05, 0.1) is 0 Å². The van der Waals surface area contributed by atoms with E-state index in [-0.39, 0.29) is 6.71 Å². The summed E-state index contributed by atoms with van der Waals surface area (Å²) in [5.41, 5.74) is 12.6. The van der Waals surface area contributed by atoms with Crippen LogP contribution in [0.3, 0.4) is 0 Å². The molecule has 240 valence electrons. The van der Waals surface area contributed by atoms with Crippen LogP contribution < -0.4 is 37.1 Å². The van der Waals surface area contributed by atoms with Crippen LogP contribution in [-0.4, -0.2) is 14.8 Å². The maximum atomic E-state index is 6.67. The van der Waals surface area contributed by atoms with Crippen LogP contribution >= 0.6 is 0 Å². The van der Waals surface area contributed by atoms with Crippen molar-refractivity contribution >= 4 is 95.8 Å². The van der Waals surface area contributed by atoms with Crippen LogP contribution in [0.4, 0.5) is 0 Å². The lowest BCUT2D eigenvalue weighted by Crippen LogP contribution is -2.75. The van der Waals surface area contributed by atoms with Crippen molar-refractivity contribution in [1.82, 2.24) is 0 Å². The summed E-state index contributed by atoms with van der Waals surface area (Å²) in [4.78, 5) is 0. The zero-order chi connectivity index (χ0) is 34.0. The summed E-state index contributed by atoms with van der Waals surface area (Å²) < 4.78 is 13.3. The normalized spacial score (nSPS) is 13.0. The molecule has 4 heteroatoms. The molecule has 52 heavy (non-hydrogen) atoms. The van der Waals surface area contributed by atoms with Gasteiger partial charge in [0, 0.05) is 21.5 Å². The average molecular weight is 677 g/mol. The number of rotatable bonds is 4. The first-order valence-electron chi connectivity index (χ1n) is 18.0. The first-order chi connectivity index (χ1) is 25.8. The largest absolute Gasteiger partial charge is 0.456 e. The molecule has 10 aromatic rings. The zero-order valence-electron chi connectivity index (χ0n) is 28.1. The topological polar surface area (TPSA) is 26.3 Å². The van der Waals surface area contributed by atoms with Gasteiger partial charge in [-0.3, -0.25) is 0 Å². The lowest BCUT2D eigenvalue weighted by atomic mass is 9.35. The van der Waals surface area contributed by atoms with Crippen molar-refractivity contribution in [2.75, 3.05) is 0 Å². The Kier molecular flexibility index (Phi) is 5.64. The molecule has 0 bridgehead atoms. The quantitative estimate of drug-likeness (QED) is 0.144. The summed E-state index contributed by atoms with van der Waals surface area (Å²) in [6.45, 7) is -0.0332. The summed E-state index contributed by atoms with van der Waals surface area (Å²) in [6.07, 6.45) is 0. The highest BCUT2D eigenvalue weighted by molar-refractivity contribution is 7.20. The minimum atomic E-state index is -2.90. The van der Waals surface area contributed by atoms with Crippen LogP contribution in [0.25, 0.3) is 66.1 Å². The molecule has 0 saturated carbocycles. The second-order valence-electron chi connectivity index (χ2n) is 14.3. The van der Waals surface area contributed by atoms with Crippen molar-refractivity contribution in [2.45, 2.75) is 0 Å². The molecule has 12 rings (SSSR count). The van der Waals surface area contributed by atoms with Gasteiger partial charge in [0.25, 0.3) is 0 Å². The standard InChI is InChI=1S/C48H29BO2Si/c1-4-14-30(15-5-1)52(31-16-6-2-7-17-31,32-18-8-3-9-19-32)33-28-36-34-20-10-24-40-44(34)46-38(22-12-26-42(46)50-40)49-39-23-13-27-43-47(39)45-35(37(29-33)48(36)49)21-11-25-41(45)51-43/h1-29H. The number of hydrogen-bond acceptors (Lipinski definition) is 2. The Bertz CT molecular complexity index is 2830. The van der Waals surface area contributed by atoms with E-state index in [2.05, 4.69) is 176 Å². The number of hydrogen-bond donors (Lipinski definition) is 0. The number of furan rings is 2. The van der Waals surface area contributed by atoms with E-state index in [9.17, 15) is 0 Å². The molecule has 2 aliphatic rings. The summed E-state index contributed by atoms with van der Waals surface area (Å²) in [5.74, 6) is 0. The van der Waals surface area contributed by atoms with Crippen molar-refractivity contribution in [3.63, 3.8) is 0 Å². The second-order valence-corrected chi connectivity index (χ2v) is 18.1. The van der Waals surface area contributed by atoms with Crippen molar-refractivity contribution < 1.29 is 8.83 Å². The molecule has 2 nitrogen and oxygen atoms in total. The molecule has 4 heterocycles. The third-order valence-corrected chi connectivity index (χ3v) is 16.6. The molecule has 0 N–H and O–H groups in total. The smallest absolute Gasteiger partial charge is 0.244 e. The fourth-order valence-corrected chi connectivity index (χ4v) is 14.7. The third kappa shape index (κ3) is 3.54. The van der Waals surface area contributed by atoms with E-state index in [0.717, 1.165) is 22.3 Å². The van der Waals surface area contributed by atoms with Gasteiger partial charge < -0.3 is 8.83 Å². The molecule has 8 aromatic carbocycles. The highest BCUT2D eigenvalue weighted by atomic mass is 28.3. The molecule has 0 fully saturated rings. The maximum Gasteiger partial charge on any atom is 0.244 e. The van der Waals surface area contributed by atoms with Gasteiger partial charge in [0.2, 0.25) is 6.71 Å². The maximum absolute atomic E-state index is 6.67. The molecule has 0 aliphatic carbocycles. The van der Waals surface area contributed by atoms with Gasteiger partial charge in [0.15, 0.2) is 8.07 Å². The van der Waals surface area contributed by atoms with Crippen molar-refractivity contribution in [3.05, 3.63) is 176 Å². The minimum Gasteiger partial charge on any atom is -0.456 e. The predicted molar refractivity (Wildman–Crippen MR) is 220 cm³/mol. The Labute approximate surface area is 301 Å². The Balaban J connectivity index is 1.34. The monoisotopic (exact) mass is 676 g/mol. The summed E-state index contributed by atoms with van der Waals surface area (Å²) in [6, 6.07) is 65.4. The molecule has 0 spiro atoms. The lowest BCUT2D eigenvalue weighted by Gasteiger charge is -2.36. The van der Waals surface area contributed by atoms with E-state index < -0.39 is 8.07 Å². The average Bonchev–Trinajstić information content (AvgIpc) is 3.72. The van der Waals surface area contributed by atoms with Crippen LogP contribution in [-0.2, 0) is 0 Å². The number of fused-ring (bicyclic) bond motifs is 4. The van der Waals surface area contributed by atoms with Gasteiger partial charge >= 0.3 is 0 Å². The van der Waals surface area contributed by atoms with Gasteiger partial charge in [-0.15, -0.1) is 0 Å². The Morgan fingerprint density at radius 3 is 1.13 bits per heavy atom. The predicted octanol–water partition coefficient (Wildman–Crippen LogP) is 7.34. The summed E-state index contributed by atoms with van der Waals surface area (Å²) in [5, 5.41) is 10.3. The highest BCUT2D eigenvalue weighted by Crippen LogP contribution is 2.43. The highest BCUT2D eigenvalue weighted by Gasteiger charge is 2.44. The van der Waals surface area contributed by atoms with Crippen LogP contribution in [0.5, 0.6) is 0 Å². The summed E-state index contributed by atoms with van der Waals surface area (Å²) in [7, 11) is -2.90. The van der Waals surface area contributed by atoms with E-state index in [0.29, 0.717) is 0 Å². The molecule has 0 atom stereocenters. The van der Waals surface area contributed by atoms with E-state index >= 15 is 0 Å². The molecule has 0 amide bonds. The van der Waals surface area contributed by atoms with Gasteiger partial charge in [-0.1, -0.05) is 168 Å². The lowest BCUT2D eigenvalue weighted by molar-refractivity contribution is 0.669. The van der Waals surface area contributed by atoms with E-state index in [1.807, 2.05) is 0 Å². The van der Waals surface area contributed by atoms with Gasteiger partial charge in [0.1, 0.15) is 22.3 Å². The Hall–Kier alpha value is -6.36. The molecule has 0 radical (unpaired) electrons. The third-order valence-electron chi connectivity index (χ3n) is 11.8. The van der Waals surface area contributed by atoms with E-state index in [4.69, 9.17) is 8.83 Å². The summed E-state index contributed by atoms with van der Waals surface area (Å²) >= 11 is 0. The van der Waals surface area contributed by atoms with Gasteiger partial charge in [-0.05, 0) is 67.3 Å². The second kappa shape index (κ2) is 10.3. The van der Waals surface area contributed by atoms with Crippen molar-refractivity contribution in [3.8, 4) is 22.3 Å². The molecule has 0 saturated heterocycles. The van der Waals surface area contributed by atoms with E-state index in [1.54, 1.807) is 0 Å². The minimum absolute atomic E-state index is 0.0332.